The predicted molar refractivity (Wildman–Crippen MR) is 115 cm³/mol. The van der Waals surface area contributed by atoms with Gasteiger partial charge in [-0.05, 0) is 56.2 Å². The van der Waals surface area contributed by atoms with Crippen LogP contribution in [0.25, 0.3) is 0 Å². The van der Waals surface area contributed by atoms with Crippen molar-refractivity contribution in [1.82, 2.24) is 14.8 Å². The van der Waals surface area contributed by atoms with Crippen LogP contribution >= 0.6 is 11.8 Å². The molecule has 1 amide bonds. The first kappa shape index (κ1) is 19.9. The molecule has 0 aliphatic carbocycles. The molecule has 2 aromatic carbocycles. The van der Waals surface area contributed by atoms with Gasteiger partial charge in [-0.3, -0.25) is 4.79 Å². The van der Waals surface area contributed by atoms with Crippen LogP contribution < -0.4 is 10.6 Å². The Labute approximate surface area is 169 Å². The molecule has 6 nitrogen and oxygen atoms in total. The van der Waals surface area contributed by atoms with E-state index in [9.17, 15) is 4.79 Å². The minimum absolute atomic E-state index is 0.0580. The van der Waals surface area contributed by atoms with Crippen molar-refractivity contribution in [2.75, 3.05) is 16.4 Å². The van der Waals surface area contributed by atoms with E-state index in [4.69, 9.17) is 0 Å². The second-order valence-corrected chi connectivity index (χ2v) is 7.83. The second-order valence-electron chi connectivity index (χ2n) is 6.89. The predicted octanol–water partition coefficient (Wildman–Crippen LogP) is 4.08. The average molecular weight is 396 g/mol. The van der Waals surface area contributed by atoms with Crippen molar-refractivity contribution in [3.05, 3.63) is 65.0 Å². The zero-order valence-electron chi connectivity index (χ0n) is 16.6. The standard InChI is InChI=1S/C21H25N5OS/c1-14-5-7-17(8-6-14)22-12-19-24-25-21(26(19)4)28-13-20(27)23-18-10-15(2)9-16(3)11-18/h5-11,22H,12-13H2,1-4H3,(H,23,27). The molecular formula is C21H25N5OS. The SMILES string of the molecule is Cc1ccc(NCc2nnc(SCC(=O)Nc3cc(C)cc(C)c3)n2C)cc1. The fourth-order valence-electron chi connectivity index (χ4n) is 2.85. The van der Waals surface area contributed by atoms with Crippen molar-refractivity contribution in [2.24, 2.45) is 7.05 Å². The number of hydrogen-bond donors (Lipinski definition) is 2. The van der Waals surface area contributed by atoms with Crippen LogP contribution in [0.3, 0.4) is 0 Å². The molecule has 0 saturated heterocycles. The maximum atomic E-state index is 12.3. The third-order valence-electron chi connectivity index (χ3n) is 4.27. The highest BCUT2D eigenvalue weighted by Crippen LogP contribution is 2.18. The molecule has 3 aromatic rings. The molecule has 3 rings (SSSR count). The fraction of sp³-hybridized carbons (Fsp3) is 0.286. The van der Waals surface area contributed by atoms with Gasteiger partial charge in [0.1, 0.15) is 0 Å². The number of hydrogen-bond acceptors (Lipinski definition) is 5. The van der Waals surface area contributed by atoms with Gasteiger partial charge in [-0.1, -0.05) is 35.5 Å². The molecule has 7 heteroatoms. The van der Waals surface area contributed by atoms with Crippen molar-refractivity contribution < 1.29 is 4.79 Å². The maximum Gasteiger partial charge on any atom is 0.234 e. The highest BCUT2D eigenvalue weighted by molar-refractivity contribution is 7.99. The lowest BCUT2D eigenvalue weighted by atomic mass is 10.1. The van der Waals surface area contributed by atoms with E-state index in [1.54, 1.807) is 0 Å². The Morgan fingerprint density at radius 1 is 0.964 bits per heavy atom. The molecule has 28 heavy (non-hydrogen) atoms. The molecule has 0 unspecified atom stereocenters. The number of rotatable bonds is 7. The number of amides is 1. The Bertz CT molecular complexity index is 945. The summed E-state index contributed by atoms with van der Waals surface area (Å²) >= 11 is 1.38. The zero-order valence-corrected chi connectivity index (χ0v) is 17.4. The third-order valence-corrected chi connectivity index (χ3v) is 5.29. The summed E-state index contributed by atoms with van der Waals surface area (Å²) in [5, 5.41) is 15.4. The first-order valence-electron chi connectivity index (χ1n) is 9.10. The average Bonchev–Trinajstić information content (AvgIpc) is 2.98. The van der Waals surface area contributed by atoms with E-state index >= 15 is 0 Å². The molecule has 0 bridgehead atoms. The van der Waals surface area contributed by atoms with Crippen molar-refractivity contribution in [2.45, 2.75) is 32.5 Å². The molecule has 146 valence electrons. The summed E-state index contributed by atoms with van der Waals surface area (Å²) in [6, 6.07) is 14.2. The lowest BCUT2D eigenvalue weighted by molar-refractivity contribution is -0.113. The number of thioether (sulfide) groups is 1. The Morgan fingerprint density at radius 3 is 2.32 bits per heavy atom. The molecular weight excluding hydrogens is 370 g/mol. The van der Waals surface area contributed by atoms with Crippen LogP contribution in [-0.2, 0) is 18.4 Å². The Kier molecular flexibility index (Phi) is 6.36. The van der Waals surface area contributed by atoms with Gasteiger partial charge in [-0.15, -0.1) is 10.2 Å². The lowest BCUT2D eigenvalue weighted by Gasteiger charge is -2.08. The summed E-state index contributed by atoms with van der Waals surface area (Å²) in [5.41, 5.74) is 5.34. The van der Waals surface area contributed by atoms with E-state index in [1.165, 1.54) is 17.3 Å². The van der Waals surface area contributed by atoms with Gasteiger partial charge in [0.25, 0.3) is 0 Å². The van der Waals surface area contributed by atoms with Gasteiger partial charge in [-0.2, -0.15) is 0 Å². The third kappa shape index (κ3) is 5.36. The van der Waals surface area contributed by atoms with E-state index in [0.717, 1.165) is 33.5 Å². The van der Waals surface area contributed by atoms with Crippen LogP contribution in [0.4, 0.5) is 11.4 Å². The number of aromatic nitrogens is 3. The molecule has 0 spiro atoms. The summed E-state index contributed by atoms with van der Waals surface area (Å²) in [6.07, 6.45) is 0. The summed E-state index contributed by atoms with van der Waals surface area (Å²) in [7, 11) is 1.91. The monoisotopic (exact) mass is 395 g/mol. The molecule has 0 fully saturated rings. The first-order valence-corrected chi connectivity index (χ1v) is 10.1. The molecule has 1 heterocycles. The van der Waals surface area contributed by atoms with Crippen molar-refractivity contribution >= 4 is 29.0 Å². The number of carbonyl (C=O) groups excluding carboxylic acids is 1. The highest BCUT2D eigenvalue weighted by atomic mass is 32.2. The Morgan fingerprint density at radius 2 is 1.64 bits per heavy atom. The van der Waals surface area contributed by atoms with Crippen molar-refractivity contribution in [1.29, 1.82) is 0 Å². The van der Waals surface area contributed by atoms with E-state index in [2.05, 4.69) is 46.0 Å². The topological polar surface area (TPSA) is 71.8 Å². The van der Waals surface area contributed by atoms with Gasteiger partial charge < -0.3 is 15.2 Å². The summed E-state index contributed by atoms with van der Waals surface area (Å²) in [5.74, 6) is 1.04. The molecule has 2 N–H and O–H groups in total. The van der Waals surface area contributed by atoms with Gasteiger partial charge in [0.15, 0.2) is 11.0 Å². The molecule has 0 atom stereocenters. The van der Waals surface area contributed by atoms with Crippen molar-refractivity contribution in [3.63, 3.8) is 0 Å². The molecule has 0 aliphatic heterocycles. The lowest BCUT2D eigenvalue weighted by Crippen LogP contribution is -2.15. The maximum absolute atomic E-state index is 12.3. The van der Waals surface area contributed by atoms with Gasteiger partial charge in [0, 0.05) is 18.4 Å². The minimum atomic E-state index is -0.0580. The van der Waals surface area contributed by atoms with E-state index < -0.39 is 0 Å². The van der Waals surface area contributed by atoms with Crippen LogP contribution in [0.15, 0.2) is 47.6 Å². The molecule has 1 aromatic heterocycles. The zero-order chi connectivity index (χ0) is 20.1. The fourth-order valence-corrected chi connectivity index (χ4v) is 3.58. The van der Waals surface area contributed by atoms with E-state index in [-0.39, 0.29) is 11.7 Å². The van der Waals surface area contributed by atoms with Crippen molar-refractivity contribution in [3.8, 4) is 0 Å². The van der Waals surface area contributed by atoms with Gasteiger partial charge >= 0.3 is 0 Å². The van der Waals surface area contributed by atoms with Gasteiger partial charge in [0.05, 0.1) is 12.3 Å². The Balaban J connectivity index is 1.53. The summed E-state index contributed by atoms with van der Waals surface area (Å²) in [6.45, 7) is 6.67. The van der Waals surface area contributed by atoms with Gasteiger partial charge in [-0.25, -0.2) is 0 Å². The summed E-state index contributed by atoms with van der Waals surface area (Å²) in [4.78, 5) is 12.3. The van der Waals surface area contributed by atoms with Crippen LogP contribution in [0, 0.1) is 20.8 Å². The number of nitrogens with zero attached hydrogens (tertiary/aromatic N) is 3. The van der Waals surface area contributed by atoms with Crippen LogP contribution in [-0.4, -0.2) is 26.4 Å². The van der Waals surface area contributed by atoms with Crippen LogP contribution in [0.5, 0.6) is 0 Å². The van der Waals surface area contributed by atoms with Gasteiger partial charge in [0.2, 0.25) is 5.91 Å². The number of carbonyl (C=O) groups is 1. The Hall–Kier alpha value is -2.80. The first-order chi connectivity index (χ1) is 13.4. The van der Waals surface area contributed by atoms with E-state index in [1.807, 2.05) is 49.7 Å². The number of anilines is 2. The molecule has 0 radical (unpaired) electrons. The molecule has 0 aliphatic rings. The quantitative estimate of drug-likeness (QED) is 0.590. The van der Waals surface area contributed by atoms with Crippen LogP contribution in [0.1, 0.15) is 22.5 Å². The molecule has 0 saturated carbocycles. The smallest absolute Gasteiger partial charge is 0.234 e. The van der Waals surface area contributed by atoms with Crippen LogP contribution in [0.2, 0.25) is 0 Å². The number of benzene rings is 2. The largest absolute Gasteiger partial charge is 0.378 e. The normalized spacial score (nSPS) is 10.7. The highest BCUT2D eigenvalue weighted by Gasteiger charge is 2.12. The number of aryl methyl sites for hydroxylation is 3. The summed E-state index contributed by atoms with van der Waals surface area (Å²) < 4.78 is 1.91. The second kappa shape index (κ2) is 8.93. The number of nitrogens with one attached hydrogen (secondary N) is 2. The van der Waals surface area contributed by atoms with E-state index in [0.29, 0.717) is 6.54 Å². The minimum Gasteiger partial charge on any atom is -0.378 e.